The molecule has 1 fully saturated rings. The molecular weight excluding hydrogens is 765 g/mol. The third-order valence-corrected chi connectivity index (χ3v) is 10.5. The van der Waals surface area contributed by atoms with Gasteiger partial charge in [0, 0.05) is 60.4 Å². The van der Waals surface area contributed by atoms with Crippen molar-refractivity contribution in [3.05, 3.63) is 139 Å². The summed E-state index contributed by atoms with van der Waals surface area (Å²) in [5, 5.41) is 6.59. The minimum absolute atomic E-state index is 0.201. The average molecular weight is 811 g/mol. The first kappa shape index (κ1) is 40.5. The number of ether oxygens (including phenoxy) is 2. The minimum atomic E-state index is -0.705. The normalized spacial score (nSPS) is 14.8. The molecule has 0 radical (unpaired) electrons. The van der Waals surface area contributed by atoms with Crippen LogP contribution in [0.1, 0.15) is 48.5 Å². The lowest BCUT2D eigenvalue weighted by molar-refractivity contribution is 0.0498. The highest BCUT2D eigenvalue weighted by Crippen LogP contribution is 2.30. The van der Waals surface area contributed by atoms with Crippen molar-refractivity contribution < 1.29 is 23.9 Å². The molecule has 7 rings (SSSR count). The van der Waals surface area contributed by atoms with Crippen LogP contribution >= 0.6 is 11.8 Å². The number of nitrogens with one attached hydrogen (secondary N) is 2. The fraction of sp³-hybridized carbons (Fsp3) is 0.244. The van der Waals surface area contributed by atoms with Crippen molar-refractivity contribution >= 4 is 52.6 Å². The Balaban J connectivity index is 0.887. The number of pyridine rings is 1. The maximum atomic E-state index is 13.2. The van der Waals surface area contributed by atoms with Gasteiger partial charge in [0.2, 0.25) is 0 Å². The molecule has 0 spiro atoms. The van der Waals surface area contributed by atoms with Gasteiger partial charge in [-0.2, -0.15) is 0 Å². The van der Waals surface area contributed by atoms with Crippen LogP contribution in [0.3, 0.4) is 0 Å². The van der Waals surface area contributed by atoms with E-state index in [9.17, 15) is 14.4 Å². The van der Waals surface area contributed by atoms with E-state index in [4.69, 9.17) is 9.47 Å². The molecule has 0 aliphatic carbocycles. The molecule has 1 saturated heterocycles. The lowest BCUT2D eigenvalue weighted by atomic mass is 10.0. The van der Waals surface area contributed by atoms with Gasteiger partial charge in [-0.25, -0.2) is 24.5 Å². The number of esters is 1. The van der Waals surface area contributed by atoms with Gasteiger partial charge in [-0.3, -0.25) is 4.79 Å². The second-order valence-electron chi connectivity index (χ2n) is 15.2. The first-order valence-electron chi connectivity index (χ1n) is 19.2. The topological polar surface area (TPSA) is 142 Å². The highest BCUT2D eigenvalue weighted by molar-refractivity contribution is 7.99. The van der Waals surface area contributed by atoms with Gasteiger partial charge in [-0.15, -0.1) is 0 Å². The van der Waals surface area contributed by atoms with Crippen molar-refractivity contribution in [3.63, 3.8) is 0 Å². The fourth-order valence-electron chi connectivity index (χ4n) is 6.49. The summed E-state index contributed by atoms with van der Waals surface area (Å²) < 4.78 is 10.1. The molecule has 4 heterocycles. The Morgan fingerprint density at radius 1 is 0.763 bits per heavy atom. The monoisotopic (exact) mass is 810 g/mol. The molecule has 59 heavy (non-hydrogen) atoms. The number of carbonyl (C=O) groups is 3. The highest BCUT2D eigenvalue weighted by Gasteiger charge is 2.27. The number of carbonyl (C=O) groups excluding carboxylic acids is 3. The van der Waals surface area contributed by atoms with E-state index in [2.05, 4.69) is 59.7 Å². The van der Waals surface area contributed by atoms with Gasteiger partial charge in [0.25, 0.3) is 5.91 Å². The van der Waals surface area contributed by atoms with Crippen molar-refractivity contribution in [2.45, 2.75) is 48.8 Å². The van der Waals surface area contributed by atoms with Gasteiger partial charge >= 0.3 is 12.1 Å². The summed E-state index contributed by atoms with van der Waals surface area (Å²) in [6.07, 6.45) is 12.0. The van der Waals surface area contributed by atoms with Crippen molar-refractivity contribution in [1.82, 2.24) is 20.3 Å². The third-order valence-electron chi connectivity index (χ3n) is 9.63. The van der Waals surface area contributed by atoms with Crippen molar-refractivity contribution in [2.75, 3.05) is 53.3 Å². The van der Waals surface area contributed by atoms with Gasteiger partial charge in [0.15, 0.2) is 5.82 Å². The standard InChI is InChI=1S/C45H46N8O5S/c1-44(2,3)58-43(56)50-45(4)19-21-53(22-20-45)39-29-48-40(30-47-39)59-37-8-6-7-34(27-37)49-41(54)33-11-9-31(10-12-33)32-13-15-35(16-14-32)51-23-25-52(26-24-51)36-17-18-38(46-28-36)42(55)57-5/h6-22,27-30H,23-26H2,1-5H3,(H,49,54)(H,50,56). The number of piperazine rings is 1. The fourth-order valence-corrected chi connectivity index (χ4v) is 7.28. The smallest absolute Gasteiger partial charge is 0.408 e. The number of alkyl carbamates (subject to hydrolysis) is 1. The number of benzene rings is 3. The van der Waals surface area contributed by atoms with E-state index in [1.54, 1.807) is 24.7 Å². The molecule has 302 valence electrons. The third kappa shape index (κ3) is 10.4. The number of anilines is 4. The summed E-state index contributed by atoms with van der Waals surface area (Å²) in [5.41, 5.74) is 4.46. The number of amides is 2. The lowest BCUT2D eigenvalue weighted by Crippen LogP contribution is -2.46. The van der Waals surface area contributed by atoms with Gasteiger partial charge in [0.1, 0.15) is 16.3 Å². The van der Waals surface area contributed by atoms with E-state index in [0.29, 0.717) is 27.8 Å². The van der Waals surface area contributed by atoms with E-state index in [-0.39, 0.29) is 5.91 Å². The molecule has 2 aromatic heterocycles. The Kier molecular flexibility index (Phi) is 12.0. The van der Waals surface area contributed by atoms with E-state index in [0.717, 1.165) is 53.6 Å². The molecule has 0 bridgehead atoms. The Morgan fingerprint density at radius 3 is 2.00 bits per heavy atom. The zero-order chi connectivity index (χ0) is 41.6. The van der Waals surface area contributed by atoms with Crippen LogP contribution in [0.5, 0.6) is 0 Å². The van der Waals surface area contributed by atoms with E-state index < -0.39 is 23.2 Å². The Labute approximate surface area is 348 Å². The largest absolute Gasteiger partial charge is 0.464 e. The summed E-state index contributed by atoms with van der Waals surface area (Å²) in [7, 11) is 1.35. The van der Waals surface area contributed by atoms with Crippen molar-refractivity contribution in [3.8, 4) is 11.1 Å². The lowest BCUT2D eigenvalue weighted by Gasteiger charge is -2.37. The molecular formula is C45H46N8O5S. The van der Waals surface area contributed by atoms with E-state index in [1.165, 1.54) is 18.9 Å². The summed E-state index contributed by atoms with van der Waals surface area (Å²) in [5.74, 6) is -0.0196. The molecule has 3 aromatic carbocycles. The number of hydrogen-bond donors (Lipinski definition) is 2. The Morgan fingerprint density at radius 2 is 1.41 bits per heavy atom. The van der Waals surface area contributed by atoms with Gasteiger partial charge < -0.3 is 34.8 Å². The van der Waals surface area contributed by atoms with Gasteiger partial charge in [-0.1, -0.05) is 42.1 Å². The van der Waals surface area contributed by atoms with Crippen LogP contribution < -0.4 is 25.3 Å². The van der Waals surface area contributed by atoms with E-state index in [1.807, 2.05) is 112 Å². The maximum absolute atomic E-state index is 13.2. The highest BCUT2D eigenvalue weighted by atomic mass is 32.2. The molecule has 13 nitrogen and oxygen atoms in total. The summed E-state index contributed by atoms with van der Waals surface area (Å²) >= 11 is 1.44. The maximum Gasteiger partial charge on any atom is 0.408 e. The van der Waals surface area contributed by atoms with Gasteiger partial charge in [0.05, 0.1) is 36.9 Å². The van der Waals surface area contributed by atoms with Crippen LogP contribution in [0.15, 0.2) is 138 Å². The van der Waals surface area contributed by atoms with Crippen LogP contribution in [-0.2, 0) is 9.47 Å². The summed E-state index contributed by atoms with van der Waals surface area (Å²) in [6.45, 7) is 10.7. The van der Waals surface area contributed by atoms with Crippen LogP contribution in [0.25, 0.3) is 11.1 Å². The molecule has 2 aliphatic rings. The van der Waals surface area contributed by atoms with Crippen LogP contribution in [0.4, 0.5) is 27.7 Å². The summed E-state index contributed by atoms with van der Waals surface area (Å²) in [6, 6.07) is 27.3. The van der Waals surface area contributed by atoms with Crippen LogP contribution in [0.2, 0.25) is 0 Å². The first-order valence-corrected chi connectivity index (χ1v) is 20.0. The van der Waals surface area contributed by atoms with Crippen LogP contribution in [-0.4, -0.2) is 77.4 Å². The molecule has 14 heteroatoms. The molecule has 5 aromatic rings. The summed E-state index contributed by atoms with van der Waals surface area (Å²) in [4.78, 5) is 58.0. The average Bonchev–Trinajstić information content (AvgIpc) is 3.23. The predicted molar refractivity (Wildman–Crippen MR) is 231 cm³/mol. The van der Waals surface area contributed by atoms with Crippen LogP contribution in [0, 0.1) is 0 Å². The second-order valence-corrected chi connectivity index (χ2v) is 16.3. The zero-order valence-corrected chi connectivity index (χ0v) is 34.4. The van der Waals surface area contributed by atoms with E-state index >= 15 is 0 Å². The number of nitrogens with zero attached hydrogens (tertiary/aromatic N) is 6. The molecule has 0 unspecified atom stereocenters. The SMILES string of the molecule is COC(=O)c1ccc(N2CCN(c3ccc(-c4ccc(C(=O)Nc5cccc(Sc6cnc(N7C=CC(C)(NC(=O)OC(C)(C)C)C=C7)cn6)c5)cc4)cc3)CC2)cn1. The van der Waals surface area contributed by atoms with Crippen molar-refractivity contribution in [1.29, 1.82) is 0 Å². The zero-order valence-electron chi connectivity index (χ0n) is 33.6. The second kappa shape index (κ2) is 17.4. The number of methoxy groups -OCH3 is 1. The Hall–Kier alpha value is -6.67. The van der Waals surface area contributed by atoms with Crippen molar-refractivity contribution in [2.24, 2.45) is 0 Å². The quantitative estimate of drug-likeness (QED) is 0.131. The number of aromatic nitrogens is 3. The number of rotatable bonds is 10. The first-order chi connectivity index (χ1) is 28.3. The number of hydrogen-bond acceptors (Lipinski definition) is 12. The molecule has 2 amide bonds. The van der Waals surface area contributed by atoms with Gasteiger partial charge in [-0.05, 0) is 106 Å². The predicted octanol–water partition coefficient (Wildman–Crippen LogP) is 8.19. The molecule has 0 saturated carbocycles. The molecule has 2 aliphatic heterocycles. The molecule has 0 atom stereocenters. The Bertz CT molecular complexity index is 2320. The molecule has 2 N–H and O–H groups in total. The minimum Gasteiger partial charge on any atom is -0.464 e.